The molecule has 0 aliphatic heterocycles. The third-order valence-corrected chi connectivity index (χ3v) is 4.28. The fourth-order valence-corrected chi connectivity index (χ4v) is 3.44. The molecule has 3 N–H and O–H groups in total. The third-order valence-electron chi connectivity index (χ3n) is 2.88. The number of methoxy groups -OCH3 is 1. The van der Waals surface area contributed by atoms with Gasteiger partial charge in [0.1, 0.15) is 5.75 Å². The Hall–Kier alpha value is -0.820. The highest BCUT2D eigenvalue weighted by molar-refractivity contribution is 7.88. The van der Waals surface area contributed by atoms with E-state index in [1.807, 2.05) is 13.8 Å². The standard InChI is InChI=1S/C14H24N2O3S.ClH/c1-11(2)7-13(9-15)16-20(17,18)10-12-5-4-6-14(8-12)19-3;/h4-6,8,11,13,16H,7,9-10,15H2,1-3H3;1H. The summed E-state index contributed by atoms with van der Waals surface area (Å²) in [5.74, 6) is 0.969. The lowest BCUT2D eigenvalue weighted by Gasteiger charge is -2.18. The average Bonchev–Trinajstić information content (AvgIpc) is 2.36. The quantitative estimate of drug-likeness (QED) is 0.759. The first-order valence-electron chi connectivity index (χ1n) is 6.69. The molecule has 0 saturated heterocycles. The van der Waals surface area contributed by atoms with Crippen LogP contribution in [0.1, 0.15) is 25.8 Å². The molecule has 0 fully saturated rings. The van der Waals surface area contributed by atoms with Crippen molar-refractivity contribution in [2.45, 2.75) is 32.1 Å². The van der Waals surface area contributed by atoms with Gasteiger partial charge < -0.3 is 10.5 Å². The van der Waals surface area contributed by atoms with Crippen molar-refractivity contribution in [2.24, 2.45) is 11.7 Å². The summed E-state index contributed by atoms with van der Waals surface area (Å²) in [6.45, 7) is 4.38. The van der Waals surface area contributed by atoms with E-state index in [1.165, 1.54) is 0 Å². The minimum atomic E-state index is -3.40. The van der Waals surface area contributed by atoms with Gasteiger partial charge in [-0.25, -0.2) is 13.1 Å². The van der Waals surface area contributed by atoms with Crippen LogP contribution < -0.4 is 15.2 Å². The predicted molar refractivity (Wildman–Crippen MR) is 88.3 cm³/mol. The van der Waals surface area contributed by atoms with Crippen molar-refractivity contribution in [1.29, 1.82) is 0 Å². The van der Waals surface area contributed by atoms with Gasteiger partial charge in [0, 0.05) is 12.6 Å². The van der Waals surface area contributed by atoms with Crippen LogP contribution >= 0.6 is 12.4 Å². The molecule has 1 rings (SSSR count). The Morgan fingerprint density at radius 3 is 2.52 bits per heavy atom. The lowest BCUT2D eigenvalue weighted by atomic mass is 10.1. The molecule has 0 heterocycles. The second-order valence-electron chi connectivity index (χ2n) is 5.29. The lowest BCUT2D eigenvalue weighted by molar-refractivity contribution is 0.414. The minimum absolute atomic E-state index is 0. The third kappa shape index (κ3) is 7.66. The summed E-state index contributed by atoms with van der Waals surface area (Å²) < 4.78 is 32.0. The molecular weight excluding hydrogens is 312 g/mol. The largest absolute Gasteiger partial charge is 0.497 e. The molecule has 1 atom stereocenters. The van der Waals surface area contributed by atoms with Crippen LogP contribution in [0.5, 0.6) is 5.75 Å². The molecular formula is C14H25ClN2O3S. The smallest absolute Gasteiger partial charge is 0.216 e. The van der Waals surface area contributed by atoms with Crippen LogP contribution in [-0.2, 0) is 15.8 Å². The first-order valence-corrected chi connectivity index (χ1v) is 8.34. The Kier molecular flexibility index (Phi) is 8.89. The molecule has 1 unspecified atom stereocenters. The van der Waals surface area contributed by atoms with Crippen molar-refractivity contribution >= 4 is 22.4 Å². The zero-order chi connectivity index (χ0) is 15.2. The molecule has 0 spiro atoms. The topological polar surface area (TPSA) is 81.4 Å². The number of hydrogen-bond donors (Lipinski definition) is 2. The molecule has 1 aromatic carbocycles. The van der Waals surface area contributed by atoms with E-state index in [2.05, 4.69) is 4.72 Å². The monoisotopic (exact) mass is 336 g/mol. The summed E-state index contributed by atoms with van der Waals surface area (Å²) >= 11 is 0. The molecule has 21 heavy (non-hydrogen) atoms. The van der Waals surface area contributed by atoms with Crippen LogP contribution in [0.3, 0.4) is 0 Å². The number of sulfonamides is 1. The average molecular weight is 337 g/mol. The maximum atomic E-state index is 12.1. The summed E-state index contributed by atoms with van der Waals surface area (Å²) in [7, 11) is -1.85. The fraction of sp³-hybridized carbons (Fsp3) is 0.571. The maximum Gasteiger partial charge on any atom is 0.216 e. The number of halogens is 1. The van der Waals surface area contributed by atoms with Gasteiger partial charge >= 0.3 is 0 Å². The second kappa shape index (κ2) is 9.25. The summed E-state index contributed by atoms with van der Waals surface area (Å²) in [6, 6.07) is 6.83. The van der Waals surface area contributed by atoms with Crippen LogP contribution in [0.25, 0.3) is 0 Å². The highest BCUT2D eigenvalue weighted by atomic mass is 35.5. The van der Waals surface area contributed by atoms with Crippen molar-refractivity contribution < 1.29 is 13.2 Å². The minimum Gasteiger partial charge on any atom is -0.497 e. The molecule has 0 saturated carbocycles. The van der Waals surface area contributed by atoms with Crippen molar-refractivity contribution in [3.05, 3.63) is 29.8 Å². The van der Waals surface area contributed by atoms with E-state index in [-0.39, 0.29) is 24.2 Å². The number of nitrogens with one attached hydrogen (secondary N) is 1. The Morgan fingerprint density at radius 2 is 2.00 bits per heavy atom. The van der Waals surface area contributed by atoms with Crippen LogP contribution in [0.15, 0.2) is 24.3 Å². The maximum absolute atomic E-state index is 12.1. The molecule has 0 bridgehead atoms. The molecule has 122 valence electrons. The van der Waals surface area contributed by atoms with Gasteiger partial charge in [-0.1, -0.05) is 26.0 Å². The van der Waals surface area contributed by atoms with Gasteiger partial charge in [0.25, 0.3) is 0 Å². The number of rotatable bonds is 8. The number of hydrogen-bond acceptors (Lipinski definition) is 4. The van der Waals surface area contributed by atoms with E-state index in [9.17, 15) is 8.42 Å². The van der Waals surface area contributed by atoms with Crippen molar-refractivity contribution in [3.8, 4) is 5.75 Å². The van der Waals surface area contributed by atoms with Gasteiger partial charge in [0.05, 0.1) is 12.9 Å². The van der Waals surface area contributed by atoms with Crippen molar-refractivity contribution in [1.82, 2.24) is 4.72 Å². The molecule has 0 radical (unpaired) electrons. The van der Waals surface area contributed by atoms with E-state index in [1.54, 1.807) is 31.4 Å². The number of benzene rings is 1. The second-order valence-corrected chi connectivity index (χ2v) is 7.04. The Balaban J connectivity index is 0.00000400. The lowest BCUT2D eigenvalue weighted by Crippen LogP contribution is -2.41. The van der Waals surface area contributed by atoms with Crippen LogP contribution in [0, 0.1) is 5.92 Å². The van der Waals surface area contributed by atoms with E-state index in [4.69, 9.17) is 10.5 Å². The normalized spacial score (nSPS) is 12.8. The Labute approximate surface area is 133 Å². The Morgan fingerprint density at radius 1 is 1.33 bits per heavy atom. The van der Waals surface area contributed by atoms with Gasteiger partial charge in [0.15, 0.2) is 0 Å². The molecule has 5 nitrogen and oxygen atoms in total. The summed E-state index contributed by atoms with van der Waals surface area (Å²) in [6.07, 6.45) is 0.730. The van der Waals surface area contributed by atoms with E-state index in [0.29, 0.717) is 23.8 Å². The van der Waals surface area contributed by atoms with Gasteiger partial charge in [-0.2, -0.15) is 0 Å². The molecule has 0 aliphatic carbocycles. The molecule has 7 heteroatoms. The Bertz CT molecular complexity index is 521. The highest BCUT2D eigenvalue weighted by Gasteiger charge is 2.18. The zero-order valence-corrected chi connectivity index (χ0v) is 14.3. The van der Waals surface area contributed by atoms with Gasteiger partial charge in [-0.3, -0.25) is 0 Å². The van der Waals surface area contributed by atoms with E-state index >= 15 is 0 Å². The van der Waals surface area contributed by atoms with E-state index in [0.717, 1.165) is 6.42 Å². The summed E-state index contributed by atoms with van der Waals surface area (Å²) in [4.78, 5) is 0. The summed E-state index contributed by atoms with van der Waals surface area (Å²) in [5, 5.41) is 0. The molecule has 1 aromatic rings. The van der Waals surface area contributed by atoms with Crippen LogP contribution in [-0.4, -0.2) is 28.1 Å². The van der Waals surface area contributed by atoms with Crippen LogP contribution in [0.2, 0.25) is 0 Å². The van der Waals surface area contributed by atoms with Crippen molar-refractivity contribution in [2.75, 3.05) is 13.7 Å². The van der Waals surface area contributed by atoms with Crippen molar-refractivity contribution in [3.63, 3.8) is 0 Å². The summed E-state index contributed by atoms with van der Waals surface area (Å²) in [5.41, 5.74) is 6.31. The fourth-order valence-electron chi connectivity index (χ4n) is 2.04. The first kappa shape index (κ1) is 20.2. The molecule has 0 amide bonds. The first-order chi connectivity index (χ1) is 9.36. The zero-order valence-electron chi connectivity index (χ0n) is 12.7. The van der Waals surface area contributed by atoms with Gasteiger partial charge in [-0.05, 0) is 30.0 Å². The van der Waals surface area contributed by atoms with E-state index < -0.39 is 10.0 Å². The number of nitrogens with two attached hydrogens (primary N) is 1. The SMILES string of the molecule is COc1cccc(CS(=O)(=O)NC(CN)CC(C)C)c1.Cl. The van der Waals surface area contributed by atoms with Crippen LogP contribution in [0.4, 0.5) is 0 Å². The van der Waals surface area contributed by atoms with Gasteiger partial charge in [-0.15, -0.1) is 12.4 Å². The highest BCUT2D eigenvalue weighted by Crippen LogP contribution is 2.15. The molecule has 0 aliphatic rings. The number of ether oxygens (including phenoxy) is 1. The molecule has 0 aromatic heterocycles. The van der Waals surface area contributed by atoms with Gasteiger partial charge in [0.2, 0.25) is 10.0 Å². The predicted octanol–water partition coefficient (Wildman–Crippen LogP) is 1.91.